The predicted molar refractivity (Wildman–Crippen MR) is 66.5 cm³/mol. The minimum Gasteiger partial charge on any atom is -0.462 e. The summed E-state index contributed by atoms with van der Waals surface area (Å²) in [6.45, 7) is 9.09. The third-order valence-corrected chi connectivity index (χ3v) is 2.16. The molecular weight excluding hydrogens is 220 g/mol. The highest BCUT2D eigenvalue weighted by Crippen LogP contribution is 1.99. The van der Waals surface area contributed by atoms with E-state index in [4.69, 9.17) is 4.74 Å². The quantitative estimate of drug-likeness (QED) is 0.191. The molecule has 0 atom stereocenters. The smallest absolute Gasteiger partial charge is 0.343 e. The molecule has 0 radical (unpaired) electrons. The second-order valence-corrected chi connectivity index (χ2v) is 3.87. The lowest BCUT2D eigenvalue weighted by Crippen LogP contribution is -2.17. The van der Waals surface area contributed by atoms with Gasteiger partial charge in [0.2, 0.25) is 0 Å². The molecule has 0 unspecified atom stereocenters. The fraction of sp³-hybridized carbons (Fsp3) is 0.583. The standard InChI is InChI=1S/C12H20N2O3/c1-6-17-12(16)11(10(5)15)7-13-14-9(4)8(2)3/h7-8,13H,6H2,1-5H3/b11-7-,14-9-. The number of nitrogens with zero attached hydrogens (tertiary/aromatic N) is 1. The van der Waals surface area contributed by atoms with Gasteiger partial charge >= 0.3 is 5.97 Å². The van der Waals surface area contributed by atoms with Crippen molar-refractivity contribution >= 4 is 17.5 Å². The van der Waals surface area contributed by atoms with Crippen molar-refractivity contribution in [1.82, 2.24) is 5.43 Å². The average molecular weight is 240 g/mol. The fourth-order valence-corrected chi connectivity index (χ4v) is 0.841. The molecule has 0 heterocycles. The number of Topliss-reactive ketones (excluding diaryl/α,β-unsaturated/α-hetero) is 1. The molecule has 0 saturated heterocycles. The molecule has 17 heavy (non-hydrogen) atoms. The molecule has 5 nitrogen and oxygen atoms in total. The zero-order valence-corrected chi connectivity index (χ0v) is 11.0. The Balaban J connectivity index is 4.68. The monoisotopic (exact) mass is 240 g/mol. The van der Waals surface area contributed by atoms with Crippen LogP contribution in [0.5, 0.6) is 0 Å². The zero-order valence-electron chi connectivity index (χ0n) is 11.0. The third kappa shape index (κ3) is 5.85. The molecule has 0 bridgehead atoms. The maximum Gasteiger partial charge on any atom is 0.343 e. The van der Waals surface area contributed by atoms with E-state index in [9.17, 15) is 9.59 Å². The van der Waals surface area contributed by atoms with E-state index in [1.807, 2.05) is 20.8 Å². The van der Waals surface area contributed by atoms with Gasteiger partial charge < -0.3 is 4.74 Å². The van der Waals surface area contributed by atoms with Crippen molar-refractivity contribution in [3.63, 3.8) is 0 Å². The maximum atomic E-state index is 11.4. The van der Waals surface area contributed by atoms with Crippen LogP contribution in [0.4, 0.5) is 0 Å². The third-order valence-electron chi connectivity index (χ3n) is 2.16. The molecule has 0 amide bonds. The van der Waals surface area contributed by atoms with Crippen LogP contribution in [0.3, 0.4) is 0 Å². The molecule has 0 spiro atoms. The molecule has 5 heteroatoms. The van der Waals surface area contributed by atoms with Crippen LogP contribution in [0.15, 0.2) is 16.9 Å². The number of hydrogen-bond acceptors (Lipinski definition) is 5. The first-order valence-corrected chi connectivity index (χ1v) is 5.58. The minimum absolute atomic E-state index is 0.0350. The molecule has 0 fully saturated rings. The van der Waals surface area contributed by atoms with Gasteiger partial charge in [-0.25, -0.2) is 4.79 Å². The summed E-state index contributed by atoms with van der Waals surface area (Å²) in [6.07, 6.45) is 1.27. The Morgan fingerprint density at radius 2 is 1.94 bits per heavy atom. The van der Waals surface area contributed by atoms with Gasteiger partial charge in [0.15, 0.2) is 5.78 Å². The lowest BCUT2D eigenvalue weighted by atomic mass is 10.1. The first-order valence-electron chi connectivity index (χ1n) is 5.58. The van der Waals surface area contributed by atoms with Crippen molar-refractivity contribution in [1.29, 1.82) is 0 Å². The molecule has 0 saturated carbocycles. The molecule has 96 valence electrons. The molecule has 0 aromatic rings. The SMILES string of the molecule is CCOC(=O)/C(=C\N/N=C(/C)C(C)C)C(C)=O. The van der Waals surface area contributed by atoms with Gasteiger partial charge in [0.05, 0.1) is 6.61 Å². The van der Waals surface area contributed by atoms with E-state index in [1.165, 1.54) is 13.1 Å². The molecule has 0 aliphatic carbocycles. The lowest BCUT2D eigenvalue weighted by Gasteiger charge is -2.05. The van der Waals surface area contributed by atoms with E-state index in [1.54, 1.807) is 6.92 Å². The summed E-state index contributed by atoms with van der Waals surface area (Å²) >= 11 is 0. The molecule has 0 rings (SSSR count). The molecule has 1 N–H and O–H groups in total. The summed E-state index contributed by atoms with van der Waals surface area (Å²) < 4.78 is 4.75. The number of carbonyl (C=O) groups is 2. The van der Waals surface area contributed by atoms with Gasteiger partial charge in [-0.05, 0) is 26.7 Å². The number of ether oxygens (including phenoxy) is 1. The van der Waals surface area contributed by atoms with E-state index in [2.05, 4.69) is 10.5 Å². The fourth-order valence-electron chi connectivity index (χ4n) is 0.841. The van der Waals surface area contributed by atoms with E-state index < -0.39 is 5.97 Å². The van der Waals surface area contributed by atoms with Crippen molar-refractivity contribution in [2.75, 3.05) is 6.61 Å². The Kier molecular flexibility index (Phi) is 6.86. The van der Waals surface area contributed by atoms with Crippen LogP contribution in [0.2, 0.25) is 0 Å². The summed E-state index contributed by atoms with van der Waals surface area (Å²) in [5.41, 5.74) is 3.44. The van der Waals surface area contributed by atoms with Gasteiger partial charge in [0, 0.05) is 11.9 Å². The normalized spacial score (nSPS) is 12.6. The van der Waals surface area contributed by atoms with Crippen LogP contribution < -0.4 is 5.43 Å². The second kappa shape index (κ2) is 7.60. The Labute approximate surface area is 102 Å². The number of hydrazone groups is 1. The lowest BCUT2D eigenvalue weighted by molar-refractivity contribution is -0.139. The molecule has 0 aliphatic rings. The van der Waals surface area contributed by atoms with Gasteiger partial charge in [-0.1, -0.05) is 13.8 Å². The summed E-state index contributed by atoms with van der Waals surface area (Å²) in [6, 6.07) is 0. The summed E-state index contributed by atoms with van der Waals surface area (Å²) in [7, 11) is 0. The Morgan fingerprint density at radius 3 is 2.35 bits per heavy atom. The first kappa shape index (κ1) is 15.3. The maximum absolute atomic E-state index is 11.4. The van der Waals surface area contributed by atoms with Crippen LogP contribution in [0.1, 0.15) is 34.6 Å². The highest BCUT2D eigenvalue weighted by Gasteiger charge is 2.15. The minimum atomic E-state index is -0.634. The molecular formula is C12H20N2O3. The van der Waals surface area contributed by atoms with Crippen molar-refractivity contribution in [3.05, 3.63) is 11.8 Å². The van der Waals surface area contributed by atoms with Crippen LogP contribution >= 0.6 is 0 Å². The Morgan fingerprint density at radius 1 is 1.35 bits per heavy atom. The topological polar surface area (TPSA) is 67.8 Å². The van der Waals surface area contributed by atoms with E-state index in [0.29, 0.717) is 5.92 Å². The highest BCUT2D eigenvalue weighted by molar-refractivity contribution is 6.16. The number of ketones is 1. The summed E-state index contributed by atoms with van der Waals surface area (Å²) in [4.78, 5) is 22.6. The van der Waals surface area contributed by atoms with E-state index >= 15 is 0 Å². The number of rotatable bonds is 6. The first-order chi connectivity index (χ1) is 7.90. The van der Waals surface area contributed by atoms with Crippen LogP contribution in [0.25, 0.3) is 0 Å². The van der Waals surface area contributed by atoms with Crippen molar-refractivity contribution in [2.45, 2.75) is 34.6 Å². The number of hydrogen-bond donors (Lipinski definition) is 1. The second-order valence-electron chi connectivity index (χ2n) is 3.87. The van der Waals surface area contributed by atoms with E-state index in [-0.39, 0.29) is 18.0 Å². The van der Waals surface area contributed by atoms with Gasteiger partial charge in [0.25, 0.3) is 0 Å². The summed E-state index contributed by atoms with van der Waals surface area (Å²) in [5, 5.41) is 4.02. The van der Waals surface area contributed by atoms with Gasteiger partial charge in [-0.2, -0.15) is 5.10 Å². The molecule has 0 aromatic carbocycles. The van der Waals surface area contributed by atoms with E-state index in [0.717, 1.165) is 5.71 Å². The average Bonchev–Trinajstić information content (AvgIpc) is 2.23. The zero-order chi connectivity index (χ0) is 13.4. The van der Waals surface area contributed by atoms with Crippen LogP contribution in [-0.2, 0) is 14.3 Å². The van der Waals surface area contributed by atoms with Gasteiger partial charge in [-0.15, -0.1) is 0 Å². The summed E-state index contributed by atoms with van der Waals surface area (Å²) in [5.74, 6) is -0.683. The van der Waals surface area contributed by atoms with Crippen molar-refractivity contribution < 1.29 is 14.3 Å². The highest BCUT2D eigenvalue weighted by atomic mass is 16.5. The largest absolute Gasteiger partial charge is 0.462 e. The van der Waals surface area contributed by atoms with Crippen LogP contribution in [-0.4, -0.2) is 24.1 Å². The Hall–Kier alpha value is -1.65. The predicted octanol–water partition coefficient (Wildman–Crippen LogP) is 1.64. The van der Waals surface area contributed by atoms with Crippen molar-refractivity contribution in [3.8, 4) is 0 Å². The number of nitrogens with one attached hydrogen (secondary N) is 1. The van der Waals surface area contributed by atoms with Crippen molar-refractivity contribution in [2.24, 2.45) is 11.0 Å². The Bertz CT molecular complexity index is 344. The van der Waals surface area contributed by atoms with Gasteiger partial charge in [0.1, 0.15) is 5.57 Å². The van der Waals surface area contributed by atoms with Gasteiger partial charge in [-0.3, -0.25) is 10.2 Å². The molecule has 0 aliphatic heterocycles. The van der Waals surface area contributed by atoms with Crippen LogP contribution in [0, 0.1) is 5.92 Å². The number of carbonyl (C=O) groups excluding carboxylic acids is 2. The number of esters is 1. The molecule has 0 aromatic heterocycles.